The number of benzene rings is 1. The van der Waals surface area contributed by atoms with Crippen molar-refractivity contribution in [2.45, 2.75) is 44.9 Å². The second kappa shape index (κ2) is 8.14. The molecule has 3 rings (SSSR count). The Hall–Kier alpha value is -2.37. The van der Waals surface area contributed by atoms with Gasteiger partial charge in [0.25, 0.3) is 5.91 Å². The molecule has 6 nitrogen and oxygen atoms in total. The number of aromatic nitrogens is 2. The van der Waals surface area contributed by atoms with Crippen LogP contribution in [0, 0.1) is 0 Å². The summed E-state index contributed by atoms with van der Waals surface area (Å²) in [6.07, 6.45) is 4.94. The number of piperidine rings is 1. The SMILES string of the molecule is CCCCc1noc([C@H]2CCCN(C(=O)c3ccc(OC)cc3)C2)n1. The number of hydrogen-bond acceptors (Lipinski definition) is 5. The van der Waals surface area contributed by atoms with Crippen molar-refractivity contribution in [2.75, 3.05) is 20.2 Å². The first-order chi connectivity index (χ1) is 12.2. The number of carbonyl (C=O) groups excluding carboxylic acids is 1. The van der Waals surface area contributed by atoms with Crippen molar-refractivity contribution in [3.8, 4) is 5.75 Å². The summed E-state index contributed by atoms with van der Waals surface area (Å²) in [5.74, 6) is 2.35. The first kappa shape index (κ1) is 17.5. The average Bonchev–Trinajstić information content (AvgIpc) is 3.15. The standard InChI is InChI=1S/C19H25N3O3/c1-3-4-7-17-20-18(25-21-17)15-6-5-12-22(13-15)19(23)14-8-10-16(24-2)11-9-14/h8-11,15H,3-7,12-13H2,1-2H3/t15-/m0/s1. The van der Waals surface area contributed by atoms with E-state index in [1.807, 2.05) is 17.0 Å². The van der Waals surface area contributed by atoms with E-state index in [0.29, 0.717) is 18.0 Å². The molecule has 1 aromatic carbocycles. The molecule has 0 aliphatic carbocycles. The summed E-state index contributed by atoms with van der Waals surface area (Å²) in [7, 11) is 1.62. The van der Waals surface area contributed by atoms with Gasteiger partial charge < -0.3 is 14.2 Å². The van der Waals surface area contributed by atoms with Crippen molar-refractivity contribution < 1.29 is 14.1 Å². The summed E-state index contributed by atoms with van der Waals surface area (Å²) in [4.78, 5) is 19.2. The largest absolute Gasteiger partial charge is 0.497 e. The topological polar surface area (TPSA) is 68.5 Å². The molecule has 0 N–H and O–H groups in total. The highest BCUT2D eigenvalue weighted by atomic mass is 16.5. The van der Waals surface area contributed by atoms with Crippen LogP contribution in [0.25, 0.3) is 0 Å². The van der Waals surface area contributed by atoms with Crippen LogP contribution in [0.2, 0.25) is 0 Å². The molecule has 134 valence electrons. The molecule has 0 saturated carbocycles. The average molecular weight is 343 g/mol. The van der Waals surface area contributed by atoms with Crippen LogP contribution in [-0.2, 0) is 6.42 Å². The van der Waals surface area contributed by atoms with Gasteiger partial charge in [-0.1, -0.05) is 18.5 Å². The van der Waals surface area contributed by atoms with Gasteiger partial charge in [0, 0.05) is 25.1 Å². The predicted molar refractivity (Wildman–Crippen MR) is 93.8 cm³/mol. The van der Waals surface area contributed by atoms with Crippen LogP contribution < -0.4 is 4.74 Å². The molecule has 25 heavy (non-hydrogen) atoms. The van der Waals surface area contributed by atoms with Gasteiger partial charge in [-0.3, -0.25) is 4.79 Å². The van der Waals surface area contributed by atoms with E-state index in [0.717, 1.165) is 50.2 Å². The van der Waals surface area contributed by atoms with Crippen LogP contribution in [0.15, 0.2) is 28.8 Å². The minimum Gasteiger partial charge on any atom is -0.497 e. The normalized spacial score (nSPS) is 17.5. The van der Waals surface area contributed by atoms with E-state index < -0.39 is 0 Å². The van der Waals surface area contributed by atoms with Crippen molar-refractivity contribution >= 4 is 5.91 Å². The summed E-state index contributed by atoms with van der Waals surface area (Å²) in [5.41, 5.74) is 0.676. The fourth-order valence-corrected chi connectivity index (χ4v) is 3.15. The first-order valence-electron chi connectivity index (χ1n) is 8.97. The molecular formula is C19H25N3O3. The summed E-state index contributed by atoms with van der Waals surface area (Å²) < 4.78 is 10.6. The smallest absolute Gasteiger partial charge is 0.253 e. The van der Waals surface area contributed by atoms with Crippen LogP contribution in [0.3, 0.4) is 0 Å². The highest BCUT2D eigenvalue weighted by Crippen LogP contribution is 2.27. The minimum absolute atomic E-state index is 0.0399. The van der Waals surface area contributed by atoms with E-state index in [1.54, 1.807) is 19.2 Å². The second-order valence-corrected chi connectivity index (χ2v) is 6.47. The van der Waals surface area contributed by atoms with Crippen LogP contribution in [0.1, 0.15) is 60.6 Å². The number of nitrogens with zero attached hydrogens (tertiary/aromatic N) is 3. The van der Waals surface area contributed by atoms with Crippen molar-refractivity contribution in [3.63, 3.8) is 0 Å². The Morgan fingerprint density at radius 1 is 1.36 bits per heavy atom. The summed E-state index contributed by atoms with van der Waals surface area (Å²) in [6.45, 7) is 3.53. The Balaban J connectivity index is 1.65. The molecule has 1 aliphatic rings. The lowest BCUT2D eigenvalue weighted by Gasteiger charge is -2.31. The third-order valence-electron chi connectivity index (χ3n) is 4.63. The highest BCUT2D eigenvalue weighted by molar-refractivity contribution is 5.94. The maximum absolute atomic E-state index is 12.7. The molecule has 0 unspecified atom stereocenters. The first-order valence-corrected chi connectivity index (χ1v) is 8.97. The molecule has 2 aromatic rings. The molecule has 1 amide bonds. The number of carbonyl (C=O) groups is 1. The number of amides is 1. The second-order valence-electron chi connectivity index (χ2n) is 6.47. The Bertz CT molecular complexity index is 696. The molecule has 1 aliphatic heterocycles. The van der Waals surface area contributed by atoms with Crippen molar-refractivity contribution in [1.82, 2.24) is 15.0 Å². The Morgan fingerprint density at radius 2 is 2.16 bits per heavy atom. The molecule has 2 heterocycles. The Kier molecular flexibility index (Phi) is 5.68. The number of hydrogen-bond donors (Lipinski definition) is 0. The number of unbranched alkanes of at least 4 members (excludes halogenated alkanes) is 1. The van der Waals surface area contributed by atoms with E-state index in [9.17, 15) is 4.79 Å². The van der Waals surface area contributed by atoms with Gasteiger partial charge in [-0.2, -0.15) is 4.98 Å². The molecule has 0 radical (unpaired) electrons. The molecular weight excluding hydrogens is 318 g/mol. The fraction of sp³-hybridized carbons (Fsp3) is 0.526. The van der Waals surface area contributed by atoms with E-state index in [1.165, 1.54) is 0 Å². The van der Waals surface area contributed by atoms with Gasteiger partial charge in [0.05, 0.1) is 13.0 Å². The molecule has 6 heteroatoms. The molecule has 1 atom stereocenters. The van der Waals surface area contributed by atoms with E-state index in [-0.39, 0.29) is 11.8 Å². The molecule has 1 fully saturated rings. The maximum atomic E-state index is 12.7. The van der Waals surface area contributed by atoms with Gasteiger partial charge in [-0.05, 0) is 43.5 Å². The molecule has 0 spiro atoms. The van der Waals surface area contributed by atoms with Gasteiger partial charge in [-0.25, -0.2) is 0 Å². The Labute approximate surface area is 148 Å². The van der Waals surface area contributed by atoms with Gasteiger partial charge in [0.1, 0.15) is 5.75 Å². The van der Waals surface area contributed by atoms with Gasteiger partial charge in [0.15, 0.2) is 5.82 Å². The zero-order valence-electron chi connectivity index (χ0n) is 14.9. The zero-order chi connectivity index (χ0) is 17.6. The maximum Gasteiger partial charge on any atom is 0.253 e. The van der Waals surface area contributed by atoms with Gasteiger partial charge in [0.2, 0.25) is 5.89 Å². The lowest BCUT2D eigenvalue weighted by Crippen LogP contribution is -2.39. The zero-order valence-corrected chi connectivity index (χ0v) is 14.9. The molecule has 0 bridgehead atoms. The van der Waals surface area contributed by atoms with E-state index in [2.05, 4.69) is 17.1 Å². The van der Waals surface area contributed by atoms with Crippen LogP contribution in [0.4, 0.5) is 0 Å². The number of likely N-dealkylation sites (tertiary alicyclic amines) is 1. The van der Waals surface area contributed by atoms with Crippen LogP contribution >= 0.6 is 0 Å². The number of rotatable bonds is 6. The summed E-state index contributed by atoms with van der Waals surface area (Å²) >= 11 is 0. The lowest BCUT2D eigenvalue weighted by molar-refractivity contribution is 0.0695. The monoisotopic (exact) mass is 343 g/mol. The summed E-state index contributed by atoms with van der Waals surface area (Å²) in [6, 6.07) is 7.24. The quantitative estimate of drug-likeness (QED) is 0.803. The highest BCUT2D eigenvalue weighted by Gasteiger charge is 2.29. The van der Waals surface area contributed by atoms with E-state index in [4.69, 9.17) is 9.26 Å². The third kappa shape index (κ3) is 4.18. The van der Waals surface area contributed by atoms with Crippen LogP contribution in [0.5, 0.6) is 5.75 Å². The minimum atomic E-state index is 0.0399. The molecule has 1 saturated heterocycles. The van der Waals surface area contributed by atoms with Crippen molar-refractivity contribution in [3.05, 3.63) is 41.5 Å². The number of methoxy groups -OCH3 is 1. The number of ether oxygens (including phenoxy) is 1. The third-order valence-corrected chi connectivity index (χ3v) is 4.63. The molecule has 1 aromatic heterocycles. The Morgan fingerprint density at radius 3 is 2.88 bits per heavy atom. The predicted octanol–water partition coefficient (Wildman–Crippen LogP) is 3.44. The van der Waals surface area contributed by atoms with Gasteiger partial charge in [-0.15, -0.1) is 0 Å². The summed E-state index contributed by atoms with van der Waals surface area (Å²) in [5, 5.41) is 4.07. The fourth-order valence-electron chi connectivity index (χ4n) is 3.15. The number of aryl methyl sites for hydroxylation is 1. The van der Waals surface area contributed by atoms with Crippen molar-refractivity contribution in [2.24, 2.45) is 0 Å². The lowest BCUT2D eigenvalue weighted by atomic mass is 9.97. The van der Waals surface area contributed by atoms with Crippen molar-refractivity contribution in [1.29, 1.82) is 0 Å². The van der Waals surface area contributed by atoms with Gasteiger partial charge >= 0.3 is 0 Å². The van der Waals surface area contributed by atoms with Crippen LogP contribution in [-0.4, -0.2) is 41.1 Å². The van der Waals surface area contributed by atoms with E-state index >= 15 is 0 Å².